The fraction of sp³-hybridized carbons (Fsp3) is 0.294. The zero-order valence-corrected chi connectivity index (χ0v) is 16.8. The van der Waals surface area contributed by atoms with Crippen molar-refractivity contribution in [3.8, 4) is 5.75 Å². The highest BCUT2D eigenvalue weighted by molar-refractivity contribution is 7.92. The molecule has 0 aliphatic heterocycles. The average molecular weight is 415 g/mol. The predicted octanol–water partition coefficient (Wildman–Crippen LogP) is 1.10. The Kier molecular flexibility index (Phi) is 6.47. The molecule has 10 heteroatoms. The van der Waals surface area contributed by atoms with Crippen molar-refractivity contribution < 1.29 is 26.7 Å². The second kappa shape index (κ2) is 8.26. The molecule has 27 heavy (non-hydrogen) atoms. The summed E-state index contributed by atoms with van der Waals surface area (Å²) in [5.74, 6) is 0.203. The third kappa shape index (κ3) is 4.59. The van der Waals surface area contributed by atoms with E-state index in [4.69, 9.17) is 9.84 Å². The van der Waals surface area contributed by atoms with Gasteiger partial charge in [0.25, 0.3) is 10.0 Å². The van der Waals surface area contributed by atoms with Crippen LogP contribution in [-0.2, 0) is 20.0 Å². The van der Waals surface area contributed by atoms with Crippen LogP contribution in [0.25, 0.3) is 0 Å². The quantitative estimate of drug-likeness (QED) is 0.669. The molecule has 148 valence electrons. The van der Waals surface area contributed by atoms with Gasteiger partial charge in [0.1, 0.15) is 5.75 Å². The SMILES string of the molecule is COc1ccc(S(=O)(=O)NCCO)cc1N(C)S(=O)(=O)c1ccc(C)cc1. The maximum Gasteiger partial charge on any atom is 0.264 e. The van der Waals surface area contributed by atoms with E-state index in [1.54, 1.807) is 12.1 Å². The number of aliphatic hydroxyl groups excluding tert-OH is 1. The third-order valence-electron chi connectivity index (χ3n) is 3.88. The highest BCUT2D eigenvalue weighted by Crippen LogP contribution is 2.33. The van der Waals surface area contributed by atoms with Gasteiger partial charge in [0, 0.05) is 13.6 Å². The summed E-state index contributed by atoms with van der Waals surface area (Å²) in [5, 5.41) is 8.82. The Morgan fingerprint density at radius 1 is 1.04 bits per heavy atom. The van der Waals surface area contributed by atoms with Gasteiger partial charge in [0.2, 0.25) is 10.0 Å². The summed E-state index contributed by atoms with van der Waals surface area (Å²) in [6.45, 7) is 1.34. The molecule has 0 bridgehead atoms. The van der Waals surface area contributed by atoms with E-state index in [2.05, 4.69) is 4.72 Å². The maximum absolute atomic E-state index is 12.9. The number of ether oxygens (including phenoxy) is 1. The molecular weight excluding hydrogens is 392 g/mol. The second-order valence-electron chi connectivity index (χ2n) is 5.74. The van der Waals surface area contributed by atoms with Gasteiger partial charge < -0.3 is 9.84 Å². The van der Waals surface area contributed by atoms with Gasteiger partial charge in [-0.2, -0.15) is 0 Å². The van der Waals surface area contributed by atoms with E-state index >= 15 is 0 Å². The Balaban J connectivity index is 2.52. The van der Waals surface area contributed by atoms with Gasteiger partial charge in [-0.25, -0.2) is 21.6 Å². The monoisotopic (exact) mass is 414 g/mol. The molecule has 0 unspecified atom stereocenters. The molecule has 0 saturated heterocycles. The molecular formula is C17H22N2O6S2. The highest BCUT2D eigenvalue weighted by atomic mass is 32.2. The summed E-state index contributed by atoms with van der Waals surface area (Å²) < 4.78 is 58.8. The van der Waals surface area contributed by atoms with Gasteiger partial charge in [-0.1, -0.05) is 17.7 Å². The lowest BCUT2D eigenvalue weighted by Gasteiger charge is -2.22. The van der Waals surface area contributed by atoms with E-state index < -0.39 is 20.0 Å². The lowest BCUT2D eigenvalue weighted by molar-refractivity contribution is 0.301. The Hall–Kier alpha value is -2.14. The molecule has 0 aliphatic carbocycles. The molecule has 0 aromatic heterocycles. The molecule has 0 fully saturated rings. The molecule has 0 amide bonds. The van der Waals surface area contributed by atoms with E-state index in [9.17, 15) is 16.8 Å². The first-order valence-electron chi connectivity index (χ1n) is 7.97. The van der Waals surface area contributed by atoms with E-state index in [1.807, 2.05) is 6.92 Å². The lowest BCUT2D eigenvalue weighted by atomic mass is 10.2. The number of aliphatic hydroxyl groups is 1. The molecule has 0 spiro atoms. The van der Waals surface area contributed by atoms with Crippen LogP contribution in [0.5, 0.6) is 5.75 Å². The number of hydrogen-bond acceptors (Lipinski definition) is 6. The fourth-order valence-corrected chi connectivity index (χ4v) is 4.58. The minimum atomic E-state index is -3.92. The fourth-order valence-electron chi connectivity index (χ4n) is 2.34. The van der Waals surface area contributed by atoms with Crippen molar-refractivity contribution in [2.75, 3.05) is 31.6 Å². The summed E-state index contributed by atoms with van der Waals surface area (Å²) >= 11 is 0. The first kappa shape index (κ1) is 21.2. The molecule has 0 atom stereocenters. The van der Waals surface area contributed by atoms with Crippen molar-refractivity contribution in [2.24, 2.45) is 0 Å². The van der Waals surface area contributed by atoms with Gasteiger partial charge in [0.15, 0.2) is 0 Å². The van der Waals surface area contributed by atoms with Crippen molar-refractivity contribution in [1.29, 1.82) is 0 Å². The number of rotatable bonds is 8. The Labute approximate surface area is 159 Å². The number of sulfonamides is 2. The third-order valence-corrected chi connectivity index (χ3v) is 7.13. The van der Waals surface area contributed by atoms with E-state index in [0.29, 0.717) is 0 Å². The number of nitrogens with zero attached hydrogens (tertiary/aromatic N) is 1. The molecule has 0 saturated carbocycles. The number of aryl methyl sites for hydroxylation is 1. The van der Waals surface area contributed by atoms with Gasteiger partial charge >= 0.3 is 0 Å². The summed E-state index contributed by atoms with van der Waals surface area (Å²) in [6.07, 6.45) is 0. The van der Waals surface area contributed by atoms with Crippen molar-refractivity contribution in [2.45, 2.75) is 16.7 Å². The van der Waals surface area contributed by atoms with Crippen LogP contribution >= 0.6 is 0 Å². The summed E-state index contributed by atoms with van der Waals surface area (Å²) in [6, 6.07) is 10.2. The van der Waals surface area contributed by atoms with Crippen LogP contribution in [0.4, 0.5) is 5.69 Å². The van der Waals surface area contributed by atoms with Gasteiger partial charge in [-0.3, -0.25) is 4.31 Å². The van der Waals surface area contributed by atoms with Crippen LogP contribution in [0, 0.1) is 6.92 Å². The zero-order chi connectivity index (χ0) is 20.2. The highest BCUT2D eigenvalue weighted by Gasteiger charge is 2.26. The number of methoxy groups -OCH3 is 1. The van der Waals surface area contributed by atoms with Crippen LogP contribution in [-0.4, -0.2) is 49.3 Å². The lowest BCUT2D eigenvalue weighted by Crippen LogP contribution is -2.29. The number of benzene rings is 2. The van der Waals surface area contributed by atoms with Crippen molar-refractivity contribution in [1.82, 2.24) is 4.72 Å². The van der Waals surface area contributed by atoms with Crippen molar-refractivity contribution in [3.05, 3.63) is 48.0 Å². The van der Waals surface area contributed by atoms with Gasteiger partial charge in [-0.15, -0.1) is 0 Å². The van der Waals surface area contributed by atoms with Crippen LogP contribution in [0.3, 0.4) is 0 Å². The summed E-state index contributed by atoms with van der Waals surface area (Å²) in [4.78, 5) is -0.0676. The number of nitrogens with one attached hydrogen (secondary N) is 1. The topological polar surface area (TPSA) is 113 Å². The van der Waals surface area contributed by atoms with Crippen LogP contribution < -0.4 is 13.8 Å². The Bertz CT molecular complexity index is 1000. The molecule has 2 N–H and O–H groups in total. The standard InChI is InChI=1S/C17H22N2O6S2/c1-13-4-6-14(7-5-13)27(23,24)19(2)16-12-15(8-9-17(16)25-3)26(21,22)18-10-11-20/h4-9,12,18,20H,10-11H2,1-3H3. The molecule has 0 aliphatic rings. The van der Waals surface area contributed by atoms with E-state index in [-0.39, 0.29) is 34.4 Å². The van der Waals surface area contributed by atoms with Crippen LogP contribution in [0.2, 0.25) is 0 Å². The van der Waals surface area contributed by atoms with Crippen LogP contribution in [0.15, 0.2) is 52.3 Å². The van der Waals surface area contributed by atoms with Gasteiger partial charge in [-0.05, 0) is 37.3 Å². The molecule has 8 nitrogen and oxygen atoms in total. The predicted molar refractivity (Wildman–Crippen MR) is 102 cm³/mol. The number of hydrogen-bond donors (Lipinski definition) is 2. The molecule has 0 heterocycles. The molecule has 2 aromatic rings. The summed E-state index contributed by atoms with van der Waals surface area (Å²) in [7, 11) is -5.14. The maximum atomic E-state index is 12.9. The molecule has 2 rings (SSSR count). The van der Waals surface area contributed by atoms with Crippen molar-refractivity contribution in [3.63, 3.8) is 0 Å². The van der Waals surface area contributed by atoms with Gasteiger partial charge in [0.05, 0.1) is 29.2 Å². The zero-order valence-electron chi connectivity index (χ0n) is 15.2. The smallest absolute Gasteiger partial charge is 0.264 e. The summed E-state index contributed by atoms with van der Waals surface area (Å²) in [5.41, 5.74) is 0.988. The van der Waals surface area contributed by atoms with Crippen LogP contribution in [0.1, 0.15) is 5.56 Å². The Morgan fingerprint density at radius 2 is 1.63 bits per heavy atom. The largest absolute Gasteiger partial charge is 0.495 e. The van der Waals surface area contributed by atoms with Crippen molar-refractivity contribution >= 4 is 25.7 Å². The Morgan fingerprint density at radius 3 is 2.19 bits per heavy atom. The first-order chi connectivity index (χ1) is 12.6. The average Bonchev–Trinajstić information content (AvgIpc) is 2.65. The van der Waals surface area contributed by atoms with E-state index in [1.165, 1.54) is 44.5 Å². The number of anilines is 1. The molecule has 2 aromatic carbocycles. The molecule has 0 radical (unpaired) electrons. The minimum Gasteiger partial charge on any atom is -0.495 e. The normalized spacial score (nSPS) is 12.0. The first-order valence-corrected chi connectivity index (χ1v) is 10.9. The van der Waals surface area contributed by atoms with E-state index in [0.717, 1.165) is 9.87 Å². The second-order valence-corrected chi connectivity index (χ2v) is 9.48. The minimum absolute atomic E-state index is 0.0734.